The van der Waals surface area contributed by atoms with Gasteiger partial charge in [0.2, 0.25) is 0 Å². The SMILES string of the molecule is CCNC(=NCc1cccc(OC)c1)NCC1CCN(c2ccccc2OC)C1.I. The first kappa shape index (κ1) is 24.1. The van der Waals surface area contributed by atoms with E-state index in [9.17, 15) is 0 Å². The first-order valence-corrected chi connectivity index (χ1v) is 10.3. The summed E-state index contributed by atoms with van der Waals surface area (Å²) in [5.41, 5.74) is 2.31. The van der Waals surface area contributed by atoms with Gasteiger partial charge in [0.15, 0.2) is 5.96 Å². The topological polar surface area (TPSA) is 58.1 Å². The first-order valence-electron chi connectivity index (χ1n) is 10.3. The van der Waals surface area contributed by atoms with Gasteiger partial charge in [0.25, 0.3) is 0 Å². The van der Waals surface area contributed by atoms with E-state index in [4.69, 9.17) is 14.5 Å². The van der Waals surface area contributed by atoms with E-state index in [1.807, 2.05) is 30.3 Å². The minimum absolute atomic E-state index is 0. The lowest BCUT2D eigenvalue weighted by Gasteiger charge is -2.21. The van der Waals surface area contributed by atoms with Gasteiger partial charge in [0.1, 0.15) is 11.5 Å². The van der Waals surface area contributed by atoms with Gasteiger partial charge >= 0.3 is 0 Å². The second-order valence-corrected chi connectivity index (χ2v) is 7.20. The van der Waals surface area contributed by atoms with Crippen LogP contribution in [-0.2, 0) is 6.54 Å². The lowest BCUT2D eigenvalue weighted by Crippen LogP contribution is -2.40. The fraction of sp³-hybridized carbons (Fsp3) is 0.435. The Balaban J connectivity index is 0.00000320. The Bertz CT molecular complexity index is 815. The standard InChI is InChI=1S/C23H32N4O2.HI/c1-4-24-23(25-15-18-8-7-9-20(14-18)28-2)26-16-19-12-13-27(17-19)21-10-5-6-11-22(21)29-3;/h5-11,14,19H,4,12-13,15-17H2,1-3H3,(H2,24,25,26);1H. The first-order chi connectivity index (χ1) is 14.2. The quantitative estimate of drug-likeness (QED) is 0.312. The van der Waals surface area contributed by atoms with E-state index in [2.05, 4.69) is 40.7 Å². The largest absolute Gasteiger partial charge is 0.497 e. The average molecular weight is 524 g/mol. The van der Waals surface area contributed by atoms with E-state index in [0.29, 0.717) is 12.5 Å². The molecular weight excluding hydrogens is 491 g/mol. The van der Waals surface area contributed by atoms with Gasteiger partial charge < -0.3 is 25.0 Å². The Morgan fingerprint density at radius 3 is 2.70 bits per heavy atom. The number of halogens is 1. The van der Waals surface area contributed by atoms with E-state index in [-0.39, 0.29) is 24.0 Å². The van der Waals surface area contributed by atoms with Crippen molar-refractivity contribution in [2.24, 2.45) is 10.9 Å². The van der Waals surface area contributed by atoms with E-state index >= 15 is 0 Å². The number of guanidine groups is 1. The number of nitrogens with one attached hydrogen (secondary N) is 2. The molecule has 0 saturated carbocycles. The molecule has 0 bridgehead atoms. The fourth-order valence-electron chi connectivity index (χ4n) is 3.63. The maximum atomic E-state index is 5.52. The molecule has 1 heterocycles. The monoisotopic (exact) mass is 524 g/mol. The number of rotatable bonds is 8. The van der Waals surface area contributed by atoms with E-state index in [1.54, 1.807) is 14.2 Å². The van der Waals surface area contributed by atoms with Crippen molar-refractivity contribution in [3.8, 4) is 11.5 Å². The van der Waals surface area contributed by atoms with Gasteiger partial charge in [-0.15, -0.1) is 24.0 Å². The molecule has 1 atom stereocenters. The average Bonchev–Trinajstić information content (AvgIpc) is 3.24. The molecule has 2 N–H and O–H groups in total. The summed E-state index contributed by atoms with van der Waals surface area (Å²) in [7, 11) is 3.42. The van der Waals surface area contributed by atoms with Crippen molar-refractivity contribution in [2.45, 2.75) is 19.9 Å². The highest BCUT2D eigenvalue weighted by molar-refractivity contribution is 14.0. The van der Waals surface area contributed by atoms with Crippen LogP contribution in [0.1, 0.15) is 18.9 Å². The van der Waals surface area contributed by atoms with E-state index < -0.39 is 0 Å². The summed E-state index contributed by atoms with van der Waals surface area (Å²) in [5, 5.41) is 6.85. The highest BCUT2D eigenvalue weighted by atomic mass is 127. The van der Waals surface area contributed by atoms with Crippen LogP contribution in [0.25, 0.3) is 0 Å². The zero-order valence-electron chi connectivity index (χ0n) is 18.1. The van der Waals surface area contributed by atoms with Crippen molar-refractivity contribution >= 4 is 35.6 Å². The Kier molecular flexibility index (Phi) is 10.1. The van der Waals surface area contributed by atoms with Crippen LogP contribution >= 0.6 is 24.0 Å². The number of anilines is 1. The fourth-order valence-corrected chi connectivity index (χ4v) is 3.63. The number of para-hydroxylation sites is 2. The van der Waals surface area contributed by atoms with Crippen LogP contribution in [-0.4, -0.2) is 46.4 Å². The summed E-state index contributed by atoms with van der Waals surface area (Å²) in [5.74, 6) is 3.22. The highest BCUT2D eigenvalue weighted by Crippen LogP contribution is 2.31. The predicted molar refractivity (Wildman–Crippen MR) is 135 cm³/mol. The van der Waals surface area contributed by atoms with Crippen molar-refractivity contribution in [2.75, 3.05) is 45.3 Å². The Hall–Kier alpha value is -2.16. The summed E-state index contributed by atoms with van der Waals surface area (Å²) < 4.78 is 10.8. The Morgan fingerprint density at radius 2 is 1.93 bits per heavy atom. The molecule has 0 aromatic heterocycles. The molecule has 0 spiro atoms. The smallest absolute Gasteiger partial charge is 0.191 e. The van der Waals surface area contributed by atoms with Crippen LogP contribution < -0.4 is 25.0 Å². The molecule has 1 fully saturated rings. The molecule has 1 saturated heterocycles. The van der Waals surface area contributed by atoms with E-state index in [0.717, 1.165) is 55.6 Å². The number of methoxy groups -OCH3 is 2. The number of hydrogen-bond acceptors (Lipinski definition) is 4. The van der Waals surface area contributed by atoms with Crippen molar-refractivity contribution < 1.29 is 9.47 Å². The van der Waals surface area contributed by atoms with Gasteiger partial charge in [-0.3, -0.25) is 0 Å². The summed E-state index contributed by atoms with van der Waals surface area (Å²) in [6, 6.07) is 16.3. The molecule has 3 rings (SSSR count). The van der Waals surface area contributed by atoms with Crippen LogP contribution in [0.2, 0.25) is 0 Å². The molecule has 30 heavy (non-hydrogen) atoms. The molecule has 0 radical (unpaired) electrons. The third kappa shape index (κ3) is 6.68. The van der Waals surface area contributed by atoms with E-state index in [1.165, 1.54) is 5.69 Å². The molecule has 1 aliphatic heterocycles. The van der Waals surface area contributed by atoms with Crippen LogP contribution in [0.15, 0.2) is 53.5 Å². The number of ether oxygens (including phenoxy) is 2. The van der Waals surface area contributed by atoms with Crippen LogP contribution in [0.3, 0.4) is 0 Å². The normalized spacial score (nSPS) is 16.0. The maximum absolute atomic E-state index is 5.52. The lowest BCUT2D eigenvalue weighted by molar-refractivity contribution is 0.414. The molecule has 1 aliphatic rings. The zero-order valence-corrected chi connectivity index (χ0v) is 20.4. The Morgan fingerprint density at radius 1 is 1.10 bits per heavy atom. The third-order valence-corrected chi connectivity index (χ3v) is 5.17. The van der Waals surface area contributed by atoms with Crippen LogP contribution in [0, 0.1) is 5.92 Å². The molecule has 0 amide bonds. The van der Waals surface area contributed by atoms with Gasteiger partial charge in [-0.1, -0.05) is 24.3 Å². The van der Waals surface area contributed by atoms with Crippen molar-refractivity contribution in [1.82, 2.24) is 10.6 Å². The number of benzene rings is 2. The minimum Gasteiger partial charge on any atom is -0.497 e. The second-order valence-electron chi connectivity index (χ2n) is 7.20. The van der Waals surface area contributed by atoms with Crippen LogP contribution in [0.4, 0.5) is 5.69 Å². The molecule has 164 valence electrons. The number of nitrogens with zero attached hydrogens (tertiary/aromatic N) is 2. The summed E-state index contributed by atoms with van der Waals surface area (Å²) in [4.78, 5) is 7.14. The minimum atomic E-state index is 0. The molecule has 7 heteroatoms. The van der Waals surface area contributed by atoms with Gasteiger partial charge in [-0.05, 0) is 49.1 Å². The van der Waals surface area contributed by atoms with Gasteiger partial charge in [-0.2, -0.15) is 0 Å². The maximum Gasteiger partial charge on any atom is 0.191 e. The Labute approximate surface area is 197 Å². The molecule has 6 nitrogen and oxygen atoms in total. The van der Waals surface area contributed by atoms with Crippen molar-refractivity contribution in [1.29, 1.82) is 0 Å². The third-order valence-electron chi connectivity index (χ3n) is 5.17. The summed E-state index contributed by atoms with van der Waals surface area (Å²) in [6.45, 7) is 6.50. The van der Waals surface area contributed by atoms with Gasteiger partial charge in [0, 0.05) is 26.2 Å². The van der Waals surface area contributed by atoms with Crippen molar-refractivity contribution in [3.05, 3.63) is 54.1 Å². The second kappa shape index (κ2) is 12.5. The summed E-state index contributed by atoms with van der Waals surface area (Å²) in [6.07, 6.45) is 1.15. The lowest BCUT2D eigenvalue weighted by atomic mass is 10.1. The van der Waals surface area contributed by atoms with Crippen molar-refractivity contribution in [3.63, 3.8) is 0 Å². The van der Waals surface area contributed by atoms with Gasteiger partial charge in [0.05, 0.1) is 26.5 Å². The number of hydrogen-bond donors (Lipinski definition) is 2. The van der Waals surface area contributed by atoms with Crippen LogP contribution in [0.5, 0.6) is 11.5 Å². The zero-order chi connectivity index (χ0) is 20.5. The molecular formula is C23H33IN4O2. The van der Waals surface area contributed by atoms with Gasteiger partial charge in [-0.25, -0.2) is 4.99 Å². The molecule has 2 aromatic rings. The molecule has 2 aromatic carbocycles. The molecule has 0 aliphatic carbocycles. The summed E-state index contributed by atoms with van der Waals surface area (Å²) >= 11 is 0. The molecule has 1 unspecified atom stereocenters. The highest BCUT2D eigenvalue weighted by Gasteiger charge is 2.24. The predicted octanol–water partition coefficient (Wildman–Crippen LogP) is 3.90. The number of aliphatic imine (C=N–C) groups is 1.